The van der Waals surface area contributed by atoms with Crippen LogP contribution in [0.3, 0.4) is 0 Å². The van der Waals surface area contributed by atoms with Crippen LogP contribution in [0.1, 0.15) is 63.9 Å². The fourth-order valence-corrected chi connectivity index (χ4v) is 6.07. The molecule has 0 radical (unpaired) electrons. The number of aliphatic hydroxyl groups excluding tert-OH is 1. The lowest BCUT2D eigenvalue weighted by Gasteiger charge is -2.39. The molecule has 9 nitrogen and oxygen atoms in total. The van der Waals surface area contributed by atoms with E-state index in [4.69, 9.17) is 4.74 Å². The Balaban J connectivity index is 0.00000462. The van der Waals surface area contributed by atoms with Crippen molar-refractivity contribution >= 4 is 34.1 Å². The van der Waals surface area contributed by atoms with Crippen molar-refractivity contribution in [2.45, 2.75) is 83.0 Å². The van der Waals surface area contributed by atoms with E-state index >= 15 is 0 Å². The number of hydrogen-bond donors (Lipinski definition) is 3. The average Bonchev–Trinajstić information content (AvgIpc) is 2.92. The minimum Gasteiger partial charge on any atom is -0.457 e. The van der Waals surface area contributed by atoms with Crippen LogP contribution in [0, 0.1) is 0 Å². The summed E-state index contributed by atoms with van der Waals surface area (Å²) in [4.78, 5) is 17.7. The maximum atomic E-state index is 13.2. The second-order valence-corrected chi connectivity index (χ2v) is 12.9. The maximum absolute atomic E-state index is 13.2. The molecular formula is C30H45ClN4O5S. The number of piperidine rings is 1. The van der Waals surface area contributed by atoms with Crippen molar-refractivity contribution in [1.29, 1.82) is 0 Å². The second-order valence-electron chi connectivity index (χ2n) is 11.2. The molecule has 1 aliphatic carbocycles. The number of carbonyl (C=O) groups excluding carboxylic acids is 1. The number of rotatable bonds is 11. The van der Waals surface area contributed by atoms with E-state index in [1.807, 2.05) is 12.1 Å². The number of benzene rings is 2. The zero-order valence-electron chi connectivity index (χ0n) is 24.1. The van der Waals surface area contributed by atoms with E-state index in [0.29, 0.717) is 11.4 Å². The van der Waals surface area contributed by atoms with Crippen LogP contribution in [0.5, 0.6) is 11.5 Å². The van der Waals surface area contributed by atoms with Gasteiger partial charge in [-0.1, -0.05) is 25.5 Å². The Morgan fingerprint density at radius 1 is 0.976 bits per heavy atom. The summed E-state index contributed by atoms with van der Waals surface area (Å²) in [5, 5.41) is 13.0. The van der Waals surface area contributed by atoms with E-state index in [-0.39, 0.29) is 36.6 Å². The smallest absolute Gasteiger partial charge is 0.317 e. The van der Waals surface area contributed by atoms with Crippen LogP contribution in [0.25, 0.3) is 0 Å². The SMILES string of the molecule is CCCCN(C(=O)NC1CCC(O)CC1)C1CCN(Cc2ccc(Oc3ccc(NS(C)(=O)=O)cc3)cc2)CC1.Cl. The average molecular weight is 609 g/mol. The van der Waals surface area contributed by atoms with Gasteiger partial charge in [-0.2, -0.15) is 0 Å². The van der Waals surface area contributed by atoms with Crippen LogP contribution in [0.15, 0.2) is 48.5 Å². The van der Waals surface area contributed by atoms with Gasteiger partial charge in [0.2, 0.25) is 10.0 Å². The number of likely N-dealkylation sites (tertiary alicyclic amines) is 1. The molecule has 1 heterocycles. The van der Waals surface area contributed by atoms with Crippen LogP contribution in [-0.4, -0.2) is 73.4 Å². The summed E-state index contributed by atoms with van der Waals surface area (Å²) in [5.74, 6) is 1.35. The van der Waals surface area contributed by atoms with Gasteiger partial charge in [-0.05, 0) is 86.9 Å². The number of anilines is 1. The highest BCUT2D eigenvalue weighted by atomic mass is 35.5. The Kier molecular flexibility index (Phi) is 12.6. The monoisotopic (exact) mass is 608 g/mol. The number of hydrogen-bond acceptors (Lipinski definition) is 6. The molecule has 11 heteroatoms. The van der Waals surface area contributed by atoms with Gasteiger partial charge in [-0.3, -0.25) is 9.62 Å². The van der Waals surface area contributed by atoms with Gasteiger partial charge in [-0.25, -0.2) is 13.2 Å². The van der Waals surface area contributed by atoms with Crippen molar-refractivity contribution in [3.63, 3.8) is 0 Å². The number of sulfonamides is 1. The Morgan fingerprint density at radius 2 is 1.56 bits per heavy atom. The van der Waals surface area contributed by atoms with Crippen molar-refractivity contribution in [3.05, 3.63) is 54.1 Å². The zero-order valence-corrected chi connectivity index (χ0v) is 25.8. The number of nitrogens with zero attached hydrogens (tertiary/aromatic N) is 2. The van der Waals surface area contributed by atoms with Crippen molar-refractivity contribution in [2.75, 3.05) is 30.6 Å². The predicted molar refractivity (Wildman–Crippen MR) is 165 cm³/mol. The molecule has 2 amide bonds. The maximum Gasteiger partial charge on any atom is 0.317 e. The topological polar surface area (TPSA) is 111 Å². The molecule has 1 aliphatic heterocycles. The molecule has 1 saturated heterocycles. The quantitative estimate of drug-likeness (QED) is 0.317. The summed E-state index contributed by atoms with van der Waals surface area (Å²) in [6, 6.07) is 15.3. The minimum atomic E-state index is -3.31. The highest BCUT2D eigenvalue weighted by Crippen LogP contribution is 2.25. The van der Waals surface area contributed by atoms with Crippen molar-refractivity contribution in [1.82, 2.24) is 15.1 Å². The molecule has 0 atom stereocenters. The molecule has 2 fully saturated rings. The first kappa shape index (κ1) is 33.0. The fraction of sp³-hybridized carbons (Fsp3) is 0.567. The summed E-state index contributed by atoms with van der Waals surface area (Å²) >= 11 is 0. The van der Waals surface area contributed by atoms with Crippen LogP contribution in [0.4, 0.5) is 10.5 Å². The molecular weight excluding hydrogens is 564 g/mol. The Morgan fingerprint density at radius 3 is 2.12 bits per heavy atom. The van der Waals surface area contributed by atoms with Crippen molar-refractivity contribution < 1.29 is 23.1 Å². The van der Waals surface area contributed by atoms with Gasteiger partial charge in [-0.15, -0.1) is 12.4 Å². The minimum absolute atomic E-state index is 0. The summed E-state index contributed by atoms with van der Waals surface area (Å²) in [6.07, 6.45) is 8.14. The first-order valence-corrected chi connectivity index (χ1v) is 16.4. The van der Waals surface area contributed by atoms with Gasteiger partial charge >= 0.3 is 6.03 Å². The number of aliphatic hydroxyl groups is 1. The summed E-state index contributed by atoms with van der Waals surface area (Å²) in [6.45, 7) is 5.70. The number of halogens is 1. The lowest BCUT2D eigenvalue weighted by Crippen LogP contribution is -2.53. The Labute approximate surface area is 251 Å². The van der Waals surface area contributed by atoms with E-state index in [1.165, 1.54) is 5.56 Å². The van der Waals surface area contributed by atoms with E-state index in [9.17, 15) is 18.3 Å². The van der Waals surface area contributed by atoms with E-state index in [2.05, 4.69) is 38.9 Å². The van der Waals surface area contributed by atoms with Crippen LogP contribution >= 0.6 is 12.4 Å². The fourth-order valence-electron chi connectivity index (χ4n) is 5.51. The molecule has 0 bridgehead atoms. The molecule has 4 rings (SSSR count). The molecule has 2 aromatic rings. The third-order valence-electron chi connectivity index (χ3n) is 7.76. The summed E-state index contributed by atoms with van der Waals surface area (Å²) < 4.78 is 31.1. The Bertz CT molecular complexity index is 1180. The second kappa shape index (κ2) is 15.6. The van der Waals surface area contributed by atoms with Gasteiger partial charge in [0, 0.05) is 44.0 Å². The molecule has 41 heavy (non-hydrogen) atoms. The molecule has 3 N–H and O–H groups in total. The Hall–Kier alpha value is -2.53. The van der Waals surface area contributed by atoms with E-state index in [1.54, 1.807) is 24.3 Å². The van der Waals surface area contributed by atoms with E-state index < -0.39 is 10.0 Å². The number of amides is 2. The van der Waals surface area contributed by atoms with Crippen molar-refractivity contribution in [2.24, 2.45) is 0 Å². The lowest BCUT2D eigenvalue weighted by molar-refractivity contribution is 0.101. The molecule has 2 aromatic carbocycles. The summed E-state index contributed by atoms with van der Waals surface area (Å²) in [5.41, 5.74) is 1.70. The normalized spacial score (nSPS) is 20.1. The van der Waals surface area contributed by atoms with E-state index in [0.717, 1.165) is 89.6 Å². The number of unbranched alkanes of at least 4 members (excludes halogenated alkanes) is 1. The first-order chi connectivity index (χ1) is 19.2. The molecule has 0 unspecified atom stereocenters. The highest BCUT2D eigenvalue weighted by Gasteiger charge is 2.29. The number of urea groups is 1. The molecule has 2 aliphatic rings. The predicted octanol–water partition coefficient (Wildman–Crippen LogP) is 5.35. The van der Waals surface area contributed by atoms with Crippen LogP contribution in [-0.2, 0) is 16.6 Å². The third kappa shape index (κ3) is 10.7. The zero-order chi connectivity index (χ0) is 28.5. The van der Waals surface area contributed by atoms with Crippen molar-refractivity contribution in [3.8, 4) is 11.5 Å². The van der Waals surface area contributed by atoms with Gasteiger partial charge in [0.15, 0.2) is 0 Å². The number of carbonyl (C=O) groups is 1. The molecule has 1 saturated carbocycles. The number of ether oxygens (including phenoxy) is 1. The lowest BCUT2D eigenvalue weighted by atomic mass is 9.93. The summed E-state index contributed by atoms with van der Waals surface area (Å²) in [7, 11) is -3.31. The standard InChI is InChI=1S/C30H44N4O5S.ClH/c1-3-4-19-34(30(36)31-24-7-11-27(35)12-8-24)26-17-20-33(21-18-26)22-23-5-13-28(14-6-23)39-29-15-9-25(10-16-29)32-40(2,37)38;/h5-6,9-10,13-16,24,26-27,32,35H,3-4,7-8,11-12,17-22H2,1-2H3,(H,31,36);1H. The van der Waals surface area contributed by atoms with Gasteiger partial charge in [0.25, 0.3) is 0 Å². The first-order valence-electron chi connectivity index (χ1n) is 14.5. The molecule has 228 valence electrons. The van der Waals surface area contributed by atoms with Gasteiger partial charge < -0.3 is 20.1 Å². The third-order valence-corrected chi connectivity index (χ3v) is 8.36. The molecule has 0 spiro atoms. The highest BCUT2D eigenvalue weighted by molar-refractivity contribution is 7.92. The van der Waals surface area contributed by atoms with Gasteiger partial charge in [0.05, 0.1) is 12.4 Å². The van der Waals surface area contributed by atoms with Crippen LogP contribution < -0.4 is 14.8 Å². The van der Waals surface area contributed by atoms with Gasteiger partial charge in [0.1, 0.15) is 11.5 Å². The van der Waals surface area contributed by atoms with Crippen LogP contribution in [0.2, 0.25) is 0 Å². The number of nitrogens with one attached hydrogen (secondary N) is 2. The molecule has 0 aromatic heterocycles. The largest absolute Gasteiger partial charge is 0.457 e.